The summed E-state index contributed by atoms with van der Waals surface area (Å²) in [6, 6.07) is 5.25. The number of halogens is 1. The van der Waals surface area contributed by atoms with Crippen molar-refractivity contribution in [2.24, 2.45) is 0 Å². The maximum atomic E-state index is 10.9. The number of carboxylic acids is 1. The Labute approximate surface area is 112 Å². The van der Waals surface area contributed by atoms with E-state index in [9.17, 15) is 4.79 Å². The minimum atomic E-state index is -0.958. The molecule has 0 atom stereocenters. The van der Waals surface area contributed by atoms with E-state index in [1.165, 1.54) is 6.08 Å². The quantitative estimate of drug-likeness (QED) is 0.793. The number of hydrogen-bond acceptors (Lipinski definition) is 2. The molecule has 98 valence electrons. The Morgan fingerprint density at radius 1 is 1.44 bits per heavy atom. The van der Waals surface area contributed by atoms with Gasteiger partial charge >= 0.3 is 5.97 Å². The van der Waals surface area contributed by atoms with Gasteiger partial charge in [0.15, 0.2) is 0 Å². The predicted molar refractivity (Wildman–Crippen MR) is 73.1 cm³/mol. The van der Waals surface area contributed by atoms with Gasteiger partial charge in [-0.1, -0.05) is 24.9 Å². The van der Waals surface area contributed by atoms with Crippen molar-refractivity contribution in [2.45, 2.75) is 26.7 Å². The fourth-order valence-electron chi connectivity index (χ4n) is 1.74. The minimum Gasteiger partial charge on any atom is -0.493 e. The molecule has 18 heavy (non-hydrogen) atoms. The van der Waals surface area contributed by atoms with Crippen LogP contribution in [0.1, 0.15) is 32.3 Å². The molecular weight excluding hydrogens is 252 g/mol. The summed E-state index contributed by atoms with van der Waals surface area (Å²) in [5, 5.41) is 9.48. The lowest BCUT2D eigenvalue weighted by Gasteiger charge is -2.13. The molecule has 0 aliphatic heterocycles. The second-order valence-corrected chi connectivity index (χ2v) is 4.27. The average molecular weight is 269 g/mol. The SMILES string of the molecule is CCC/C(=C\C(=O)O)c1cc(Cl)ccc1OCC. The van der Waals surface area contributed by atoms with Gasteiger partial charge in [0.25, 0.3) is 0 Å². The molecule has 0 heterocycles. The Morgan fingerprint density at radius 2 is 2.17 bits per heavy atom. The molecule has 3 nitrogen and oxygen atoms in total. The molecule has 0 saturated heterocycles. The molecule has 0 saturated carbocycles. The standard InChI is InChI=1S/C14H17ClO3/c1-3-5-10(8-14(16)17)12-9-11(15)6-7-13(12)18-4-2/h6-9H,3-5H2,1-2H3,(H,16,17)/b10-8+. The van der Waals surface area contributed by atoms with Crippen molar-refractivity contribution in [3.05, 3.63) is 34.9 Å². The highest BCUT2D eigenvalue weighted by Crippen LogP contribution is 2.31. The van der Waals surface area contributed by atoms with Crippen LogP contribution in [0.25, 0.3) is 5.57 Å². The zero-order valence-corrected chi connectivity index (χ0v) is 11.3. The molecule has 0 unspecified atom stereocenters. The van der Waals surface area contributed by atoms with Crippen molar-refractivity contribution in [2.75, 3.05) is 6.61 Å². The summed E-state index contributed by atoms with van der Waals surface area (Å²) >= 11 is 5.97. The van der Waals surface area contributed by atoms with Crippen LogP contribution in [0.5, 0.6) is 5.75 Å². The topological polar surface area (TPSA) is 46.5 Å². The van der Waals surface area contributed by atoms with Crippen molar-refractivity contribution < 1.29 is 14.6 Å². The summed E-state index contributed by atoms with van der Waals surface area (Å²) < 4.78 is 5.51. The molecule has 0 fully saturated rings. The molecule has 1 rings (SSSR count). The van der Waals surface area contributed by atoms with Crippen LogP contribution >= 0.6 is 11.6 Å². The Kier molecular flexibility index (Phi) is 5.72. The van der Waals surface area contributed by atoms with Crippen LogP contribution in [-0.4, -0.2) is 17.7 Å². The molecule has 0 aliphatic rings. The number of aliphatic carboxylic acids is 1. The minimum absolute atomic E-state index is 0.529. The van der Waals surface area contributed by atoms with Crippen LogP contribution in [-0.2, 0) is 4.79 Å². The zero-order chi connectivity index (χ0) is 13.5. The Bertz CT molecular complexity index is 452. The van der Waals surface area contributed by atoms with Gasteiger partial charge in [0.05, 0.1) is 6.61 Å². The highest BCUT2D eigenvalue weighted by molar-refractivity contribution is 6.30. The molecule has 4 heteroatoms. The molecule has 0 amide bonds. The van der Waals surface area contributed by atoms with E-state index in [0.717, 1.165) is 17.6 Å². The first-order chi connectivity index (χ1) is 8.58. The van der Waals surface area contributed by atoms with Crippen molar-refractivity contribution in [1.29, 1.82) is 0 Å². The summed E-state index contributed by atoms with van der Waals surface area (Å²) in [5.41, 5.74) is 1.49. The van der Waals surface area contributed by atoms with Crippen molar-refractivity contribution in [1.82, 2.24) is 0 Å². The van der Waals surface area contributed by atoms with E-state index < -0.39 is 5.97 Å². The lowest BCUT2D eigenvalue weighted by atomic mass is 10.00. The third kappa shape index (κ3) is 4.08. The molecule has 0 radical (unpaired) electrons. The number of allylic oxidation sites excluding steroid dienone is 1. The Balaban J connectivity index is 3.24. The molecular formula is C14H17ClO3. The van der Waals surface area contributed by atoms with Gasteiger partial charge in [-0.25, -0.2) is 4.79 Å². The van der Waals surface area contributed by atoms with E-state index in [0.29, 0.717) is 23.8 Å². The van der Waals surface area contributed by atoms with Crippen molar-refractivity contribution in [3.8, 4) is 5.75 Å². The van der Waals surface area contributed by atoms with E-state index in [-0.39, 0.29) is 0 Å². The third-order valence-electron chi connectivity index (χ3n) is 2.40. The summed E-state index contributed by atoms with van der Waals surface area (Å²) in [4.78, 5) is 10.9. The van der Waals surface area contributed by atoms with Crippen LogP contribution in [0.2, 0.25) is 5.02 Å². The van der Waals surface area contributed by atoms with Crippen LogP contribution in [0.15, 0.2) is 24.3 Å². The number of rotatable bonds is 6. The molecule has 1 aromatic rings. The number of hydrogen-bond donors (Lipinski definition) is 1. The van der Waals surface area contributed by atoms with Gasteiger partial charge in [-0.3, -0.25) is 0 Å². The maximum Gasteiger partial charge on any atom is 0.328 e. The van der Waals surface area contributed by atoms with Gasteiger partial charge < -0.3 is 9.84 Å². The fourth-order valence-corrected chi connectivity index (χ4v) is 1.91. The van der Waals surface area contributed by atoms with Crippen LogP contribution in [0.3, 0.4) is 0 Å². The number of benzene rings is 1. The molecule has 0 bridgehead atoms. The number of ether oxygens (including phenoxy) is 1. The third-order valence-corrected chi connectivity index (χ3v) is 2.64. The first kappa shape index (κ1) is 14.6. The lowest BCUT2D eigenvalue weighted by molar-refractivity contribution is -0.131. The van der Waals surface area contributed by atoms with E-state index in [1.807, 2.05) is 13.8 Å². The summed E-state index contributed by atoms with van der Waals surface area (Å²) in [6.45, 7) is 4.42. The molecule has 1 aromatic carbocycles. The van der Waals surface area contributed by atoms with Crippen molar-refractivity contribution in [3.63, 3.8) is 0 Å². The predicted octanol–water partition coefficient (Wildman–Crippen LogP) is 4.01. The van der Waals surface area contributed by atoms with Gasteiger partial charge in [0.1, 0.15) is 5.75 Å². The summed E-state index contributed by atoms with van der Waals surface area (Å²) in [6.07, 6.45) is 2.75. The maximum absolute atomic E-state index is 10.9. The largest absolute Gasteiger partial charge is 0.493 e. The lowest BCUT2D eigenvalue weighted by Crippen LogP contribution is -1.99. The van der Waals surface area contributed by atoms with Gasteiger partial charge in [0, 0.05) is 16.7 Å². The Morgan fingerprint density at radius 3 is 2.72 bits per heavy atom. The monoisotopic (exact) mass is 268 g/mol. The van der Waals surface area contributed by atoms with Crippen LogP contribution in [0.4, 0.5) is 0 Å². The molecule has 0 aliphatic carbocycles. The van der Waals surface area contributed by atoms with E-state index in [1.54, 1.807) is 18.2 Å². The highest BCUT2D eigenvalue weighted by atomic mass is 35.5. The smallest absolute Gasteiger partial charge is 0.328 e. The van der Waals surface area contributed by atoms with Gasteiger partial charge in [-0.05, 0) is 37.1 Å². The Hall–Kier alpha value is -1.48. The number of carboxylic acid groups (broad SMARTS) is 1. The first-order valence-electron chi connectivity index (χ1n) is 5.94. The molecule has 0 spiro atoms. The second kappa shape index (κ2) is 7.07. The normalized spacial score (nSPS) is 11.4. The van der Waals surface area contributed by atoms with E-state index >= 15 is 0 Å². The van der Waals surface area contributed by atoms with Crippen LogP contribution in [0, 0.1) is 0 Å². The average Bonchev–Trinajstić information content (AvgIpc) is 2.30. The van der Waals surface area contributed by atoms with Crippen molar-refractivity contribution >= 4 is 23.1 Å². The van der Waals surface area contributed by atoms with Gasteiger partial charge in [0.2, 0.25) is 0 Å². The number of carbonyl (C=O) groups is 1. The highest BCUT2D eigenvalue weighted by Gasteiger charge is 2.11. The fraction of sp³-hybridized carbons (Fsp3) is 0.357. The first-order valence-corrected chi connectivity index (χ1v) is 6.32. The van der Waals surface area contributed by atoms with E-state index in [2.05, 4.69) is 0 Å². The van der Waals surface area contributed by atoms with Gasteiger partial charge in [-0.15, -0.1) is 0 Å². The van der Waals surface area contributed by atoms with E-state index in [4.69, 9.17) is 21.4 Å². The van der Waals surface area contributed by atoms with Gasteiger partial charge in [-0.2, -0.15) is 0 Å². The second-order valence-electron chi connectivity index (χ2n) is 3.83. The zero-order valence-electron chi connectivity index (χ0n) is 10.6. The molecule has 1 N–H and O–H groups in total. The van der Waals surface area contributed by atoms with Crippen LogP contribution < -0.4 is 4.74 Å². The summed E-state index contributed by atoms with van der Waals surface area (Å²) in [7, 11) is 0. The molecule has 0 aromatic heterocycles. The summed E-state index contributed by atoms with van der Waals surface area (Å²) in [5.74, 6) is -0.288.